The third-order valence-corrected chi connectivity index (χ3v) is 2.55. The topological polar surface area (TPSA) is 21.7 Å². The Hall–Kier alpha value is -0.120. The Balaban J connectivity index is 2.06. The fourth-order valence-electron chi connectivity index (χ4n) is 1.49. The first-order valence-corrected chi connectivity index (χ1v) is 5.05. The molecular weight excluding hydrogens is 166 g/mol. The van der Waals surface area contributed by atoms with Crippen LogP contribution >= 0.6 is 0 Å². The van der Waals surface area contributed by atoms with Gasteiger partial charge in [-0.25, -0.2) is 0 Å². The van der Waals surface area contributed by atoms with Gasteiger partial charge in [0, 0.05) is 13.7 Å². The Kier molecular flexibility index (Phi) is 4.16. The Labute approximate surface area is 81.0 Å². The van der Waals surface area contributed by atoms with Gasteiger partial charge >= 0.3 is 0 Å². The van der Waals surface area contributed by atoms with E-state index in [2.05, 4.69) is 4.90 Å². The quantitative estimate of drug-likeness (QED) is 0.609. The molecule has 13 heavy (non-hydrogen) atoms. The molecule has 0 N–H and O–H groups in total. The monoisotopic (exact) mass is 187 g/mol. The van der Waals surface area contributed by atoms with Crippen LogP contribution in [0.25, 0.3) is 0 Å². The summed E-state index contributed by atoms with van der Waals surface area (Å²) in [6, 6.07) is 0. The van der Waals surface area contributed by atoms with Crippen molar-refractivity contribution >= 4 is 0 Å². The predicted molar refractivity (Wildman–Crippen MR) is 52.7 cm³/mol. The minimum absolute atomic E-state index is 0.431. The second-order valence-electron chi connectivity index (χ2n) is 4.00. The lowest BCUT2D eigenvalue weighted by Gasteiger charge is -2.25. The van der Waals surface area contributed by atoms with Crippen molar-refractivity contribution in [3.8, 4) is 0 Å². The van der Waals surface area contributed by atoms with E-state index in [1.165, 1.54) is 25.9 Å². The third kappa shape index (κ3) is 4.07. The van der Waals surface area contributed by atoms with Crippen LogP contribution < -0.4 is 0 Å². The van der Waals surface area contributed by atoms with E-state index in [-0.39, 0.29) is 0 Å². The van der Waals surface area contributed by atoms with Gasteiger partial charge in [0.05, 0.1) is 6.61 Å². The Bertz CT molecular complexity index is 142. The zero-order valence-electron chi connectivity index (χ0n) is 9.01. The van der Waals surface area contributed by atoms with Crippen LogP contribution in [-0.4, -0.2) is 44.0 Å². The van der Waals surface area contributed by atoms with Crippen molar-refractivity contribution < 1.29 is 9.47 Å². The van der Waals surface area contributed by atoms with E-state index in [9.17, 15) is 0 Å². The van der Waals surface area contributed by atoms with Crippen LogP contribution in [-0.2, 0) is 9.47 Å². The van der Waals surface area contributed by atoms with Gasteiger partial charge in [0.2, 0.25) is 0 Å². The van der Waals surface area contributed by atoms with Crippen molar-refractivity contribution in [3.63, 3.8) is 0 Å². The number of methoxy groups -OCH3 is 1. The maximum Gasteiger partial charge on any atom is 0.162 e. The molecule has 0 aromatic rings. The molecule has 1 heterocycles. The Morgan fingerprint density at radius 1 is 1.23 bits per heavy atom. The minimum Gasteiger partial charge on any atom is -0.354 e. The molecule has 1 saturated heterocycles. The molecule has 0 saturated carbocycles. The number of likely N-dealkylation sites (tertiary alicyclic amines) is 1. The molecular formula is C10H21NO2. The zero-order valence-corrected chi connectivity index (χ0v) is 9.01. The summed E-state index contributed by atoms with van der Waals surface area (Å²) in [5, 5.41) is 0. The third-order valence-electron chi connectivity index (χ3n) is 2.55. The van der Waals surface area contributed by atoms with Crippen LogP contribution in [0.5, 0.6) is 0 Å². The van der Waals surface area contributed by atoms with E-state index >= 15 is 0 Å². The maximum absolute atomic E-state index is 5.58. The van der Waals surface area contributed by atoms with Crippen molar-refractivity contribution in [2.45, 2.75) is 32.5 Å². The summed E-state index contributed by atoms with van der Waals surface area (Å²) in [7, 11) is 1.68. The highest BCUT2D eigenvalue weighted by Crippen LogP contribution is 2.10. The molecule has 0 amide bonds. The second-order valence-corrected chi connectivity index (χ2v) is 4.00. The van der Waals surface area contributed by atoms with Gasteiger partial charge in [-0.3, -0.25) is 0 Å². The highest BCUT2D eigenvalue weighted by molar-refractivity contribution is 4.65. The second kappa shape index (κ2) is 4.94. The molecule has 78 valence electrons. The Morgan fingerprint density at radius 3 is 2.38 bits per heavy atom. The van der Waals surface area contributed by atoms with Crippen LogP contribution in [0.1, 0.15) is 26.7 Å². The van der Waals surface area contributed by atoms with Crippen LogP contribution in [0.2, 0.25) is 0 Å². The van der Waals surface area contributed by atoms with Crippen LogP contribution in [0.15, 0.2) is 0 Å². The highest BCUT2D eigenvalue weighted by Gasteiger charge is 2.17. The van der Waals surface area contributed by atoms with Gasteiger partial charge in [-0.1, -0.05) is 0 Å². The molecule has 0 bridgehead atoms. The van der Waals surface area contributed by atoms with E-state index in [1.807, 2.05) is 13.8 Å². The van der Waals surface area contributed by atoms with Gasteiger partial charge in [-0.15, -0.1) is 0 Å². The first kappa shape index (κ1) is 11.0. The Morgan fingerprint density at radius 2 is 1.85 bits per heavy atom. The van der Waals surface area contributed by atoms with E-state index in [1.54, 1.807) is 7.11 Å². The van der Waals surface area contributed by atoms with Gasteiger partial charge in [0.25, 0.3) is 0 Å². The largest absolute Gasteiger partial charge is 0.354 e. The van der Waals surface area contributed by atoms with Crippen molar-refractivity contribution in [1.82, 2.24) is 4.90 Å². The smallest absolute Gasteiger partial charge is 0.162 e. The number of hydrogen-bond donors (Lipinski definition) is 0. The molecule has 0 aromatic heterocycles. The summed E-state index contributed by atoms with van der Waals surface area (Å²) in [6.45, 7) is 8.15. The molecule has 0 unspecified atom stereocenters. The summed E-state index contributed by atoms with van der Waals surface area (Å²) >= 11 is 0. The lowest BCUT2D eigenvalue weighted by atomic mass is 10.4. The molecule has 0 atom stereocenters. The fourth-order valence-corrected chi connectivity index (χ4v) is 1.49. The van der Waals surface area contributed by atoms with Crippen molar-refractivity contribution in [2.75, 3.05) is 33.4 Å². The molecule has 1 aliphatic rings. The zero-order chi connectivity index (χ0) is 9.73. The van der Waals surface area contributed by atoms with Gasteiger partial charge in [-0.2, -0.15) is 0 Å². The van der Waals surface area contributed by atoms with Crippen LogP contribution in [0.3, 0.4) is 0 Å². The molecule has 0 radical (unpaired) electrons. The first-order chi connectivity index (χ1) is 6.14. The van der Waals surface area contributed by atoms with Crippen molar-refractivity contribution in [2.24, 2.45) is 0 Å². The molecule has 1 fully saturated rings. The SMILES string of the molecule is COC(C)(C)OCCN1CCCC1. The van der Waals surface area contributed by atoms with Gasteiger partial charge in [0.1, 0.15) is 0 Å². The molecule has 3 heteroatoms. The molecule has 3 nitrogen and oxygen atoms in total. The normalized spacial score (nSPS) is 19.6. The van der Waals surface area contributed by atoms with Crippen molar-refractivity contribution in [3.05, 3.63) is 0 Å². The van der Waals surface area contributed by atoms with E-state index in [0.29, 0.717) is 0 Å². The van der Waals surface area contributed by atoms with Gasteiger partial charge in [-0.05, 0) is 39.8 Å². The predicted octanol–water partition coefficient (Wildman–Crippen LogP) is 1.48. The van der Waals surface area contributed by atoms with E-state index in [4.69, 9.17) is 9.47 Å². The maximum atomic E-state index is 5.58. The number of nitrogens with zero attached hydrogens (tertiary/aromatic N) is 1. The standard InChI is InChI=1S/C10H21NO2/c1-10(2,12-3)13-9-8-11-6-4-5-7-11/h4-9H2,1-3H3. The molecule has 0 aromatic carbocycles. The lowest BCUT2D eigenvalue weighted by Crippen LogP contribution is -2.32. The van der Waals surface area contributed by atoms with Gasteiger partial charge < -0.3 is 14.4 Å². The van der Waals surface area contributed by atoms with Gasteiger partial charge in [0.15, 0.2) is 5.79 Å². The fraction of sp³-hybridized carbons (Fsp3) is 1.00. The average molecular weight is 187 g/mol. The number of ether oxygens (including phenoxy) is 2. The molecule has 0 spiro atoms. The highest BCUT2D eigenvalue weighted by atomic mass is 16.7. The molecule has 1 rings (SSSR count). The summed E-state index contributed by atoms with van der Waals surface area (Å²) in [4.78, 5) is 2.44. The van der Waals surface area contributed by atoms with Crippen molar-refractivity contribution in [1.29, 1.82) is 0 Å². The summed E-state index contributed by atoms with van der Waals surface area (Å²) < 4.78 is 10.7. The molecule has 0 aliphatic carbocycles. The van der Waals surface area contributed by atoms with E-state index in [0.717, 1.165) is 13.2 Å². The lowest BCUT2D eigenvalue weighted by molar-refractivity contribution is -0.198. The summed E-state index contributed by atoms with van der Waals surface area (Å²) in [5.41, 5.74) is 0. The molecule has 1 aliphatic heterocycles. The number of rotatable bonds is 5. The average Bonchev–Trinajstić information content (AvgIpc) is 2.57. The van der Waals surface area contributed by atoms with E-state index < -0.39 is 5.79 Å². The summed E-state index contributed by atoms with van der Waals surface area (Å²) in [5.74, 6) is -0.431. The number of hydrogen-bond acceptors (Lipinski definition) is 3. The first-order valence-electron chi connectivity index (χ1n) is 5.05. The van der Waals surface area contributed by atoms with Crippen LogP contribution in [0.4, 0.5) is 0 Å². The minimum atomic E-state index is -0.431. The summed E-state index contributed by atoms with van der Waals surface area (Å²) in [6.07, 6.45) is 2.68. The van der Waals surface area contributed by atoms with Crippen LogP contribution in [0, 0.1) is 0 Å².